The summed E-state index contributed by atoms with van der Waals surface area (Å²) in [5.74, 6) is -4.14. The van der Waals surface area contributed by atoms with Gasteiger partial charge in [-0.2, -0.15) is 0 Å². The number of nitrogens with one attached hydrogen (secondary N) is 1. The molecule has 41 heavy (non-hydrogen) atoms. The number of H-pyrrole nitrogens is 1. The van der Waals surface area contributed by atoms with Crippen LogP contribution in [0.4, 0.5) is 13.2 Å². The number of ether oxygens (including phenoxy) is 1. The van der Waals surface area contributed by atoms with Crippen molar-refractivity contribution in [2.45, 2.75) is 37.3 Å². The number of aromatic nitrogens is 5. The third kappa shape index (κ3) is 4.78. The number of alkyl halides is 2. The molecule has 4 aromatic rings. The van der Waals surface area contributed by atoms with Gasteiger partial charge >= 0.3 is 0 Å². The Morgan fingerprint density at radius 3 is 2.63 bits per heavy atom. The summed E-state index contributed by atoms with van der Waals surface area (Å²) in [6.07, 6.45) is 3.38. The molecule has 10 nitrogen and oxygen atoms in total. The Morgan fingerprint density at radius 2 is 1.93 bits per heavy atom. The van der Waals surface area contributed by atoms with Gasteiger partial charge in [-0.1, -0.05) is 0 Å². The highest BCUT2D eigenvalue weighted by molar-refractivity contribution is 6.01. The van der Waals surface area contributed by atoms with E-state index >= 15 is 0 Å². The Bertz CT molecular complexity index is 1740. The number of carbonyl (C=O) groups is 1. The van der Waals surface area contributed by atoms with Crippen LogP contribution in [0, 0.1) is 5.82 Å². The van der Waals surface area contributed by atoms with Crippen molar-refractivity contribution in [1.82, 2.24) is 34.3 Å². The second kappa shape index (κ2) is 9.48. The normalized spacial score (nSPS) is 18.9. The average molecular weight is 566 g/mol. The van der Waals surface area contributed by atoms with Gasteiger partial charge in [0.2, 0.25) is 5.95 Å². The lowest BCUT2D eigenvalue weighted by Gasteiger charge is -2.38. The number of halogens is 3. The van der Waals surface area contributed by atoms with Crippen molar-refractivity contribution < 1.29 is 22.7 Å². The van der Waals surface area contributed by atoms with Crippen LogP contribution in [0.3, 0.4) is 0 Å². The zero-order valence-electron chi connectivity index (χ0n) is 22.1. The van der Waals surface area contributed by atoms with Crippen molar-refractivity contribution in [3.63, 3.8) is 0 Å². The number of benzene rings is 1. The lowest BCUT2D eigenvalue weighted by Crippen LogP contribution is -2.58. The Morgan fingerprint density at radius 1 is 1.15 bits per heavy atom. The van der Waals surface area contributed by atoms with Gasteiger partial charge in [-0.3, -0.25) is 14.5 Å². The van der Waals surface area contributed by atoms with Crippen molar-refractivity contribution in [3.8, 4) is 17.2 Å². The molecule has 7 rings (SSSR count). The summed E-state index contributed by atoms with van der Waals surface area (Å²) in [7, 11) is 1.69. The SMILES string of the molecule is COC1CN(Cc2cc3ncn(-c4nc(-c5ccc(F)cc5C(=O)N5CC(F)(F)C5)cc(C5CC5)n4)c(=O)c3[nH]2)C1. The molecule has 1 N–H and O–H groups in total. The van der Waals surface area contributed by atoms with Gasteiger partial charge in [-0.05, 0) is 43.2 Å². The first-order valence-corrected chi connectivity index (χ1v) is 13.4. The highest BCUT2D eigenvalue weighted by Gasteiger charge is 2.46. The zero-order chi connectivity index (χ0) is 28.5. The third-order valence-corrected chi connectivity index (χ3v) is 7.81. The standard InChI is InChI=1S/C28H26F3N7O3/c1-41-18-10-36(11-18)9-17-7-23-24(33-17)26(40)38(14-32-23)27-34-21(15-2-3-15)8-22(35-27)19-5-4-16(29)6-20(19)25(39)37-12-28(30,31)13-37/h4-8,14-15,18,33H,2-3,9-13H2,1H3. The number of methoxy groups -OCH3 is 1. The van der Waals surface area contributed by atoms with E-state index in [1.165, 1.54) is 23.0 Å². The Kier molecular flexibility index (Phi) is 5.98. The second-order valence-electron chi connectivity index (χ2n) is 11.0. The van der Waals surface area contributed by atoms with Crippen LogP contribution in [-0.2, 0) is 11.3 Å². The minimum Gasteiger partial charge on any atom is -0.379 e. The summed E-state index contributed by atoms with van der Waals surface area (Å²) in [6, 6.07) is 7.15. The van der Waals surface area contributed by atoms with E-state index in [2.05, 4.69) is 24.8 Å². The van der Waals surface area contributed by atoms with Crippen molar-refractivity contribution in [2.75, 3.05) is 33.3 Å². The monoisotopic (exact) mass is 565 g/mol. The molecule has 0 spiro atoms. The van der Waals surface area contributed by atoms with Crippen LogP contribution in [0.15, 0.2) is 41.5 Å². The molecule has 1 aromatic carbocycles. The Balaban J connectivity index is 1.27. The summed E-state index contributed by atoms with van der Waals surface area (Å²) in [5, 5.41) is 0. The molecular formula is C28H26F3N7O3. The fraction of sp³-hybridized carbons (Fsp3) is 0.393. The van der Waals surface area contributed by atoms with Crippen molar-refractivity contribution in [3.05, 3.63) is 69.8 Å². The molecule has 3 fully saturated rings. The molecule has 0 radical (unpaired) electrons. The van der Waals surface area contributed by atoms with Crippen LogP contribution in [0.25, 0.3) is 28.2 Å². The van der Waals surface area contributed by atoms with Crippen LogP contribution in [-0.4, -0.2) is 85.5 Å². The summed E-state index contributed by atoms with van der Waals surface area (Å²) in [5.41, 5.74) is 2.43. The maximum atomic E-state index is 14.3. The van der Waals surface area contributed by atoms with E-state index in [1.807, 2.05) is 6.07 Å². The van der Waals surface area contributed by atoms with Crippen molar-refractivity contribution in [2.24, 2.45) is 0 Å². The van der Waals surface area contributed by atoms with Crippen LogP contribution >= 0.6 is 0 Å². The van der Waals surface area contributed by atoms with E-state index < -0.39 is 36.3 Å². The molecule has 2 aliphatic heterocycles. The van der Waals surface area contributed by atoms with Gasteiger partial charge in [0.15, 0.2) is 0 Å². The summed E-state index contributed by atoms with van der Waals surface area (Å²) in [4.78, 5) is 46.7. The minimum absolute atomic E-state index is 0.0591. The maximum Gasteiger partial charge on any atom is 0.284 e. The molecule has 5 heterocycles. The number of hydrogen-bond acceptors (Lipinski definition) is 7. The molecule has 1 saturated carbocycles. The number of carbonyl (C=O) groups excluding carboxylic acids is 1. The van der Waals surface area contributed by atoms with E-state index in [0.717, 1.165) is 42.6 Å². The zero-order valence-corrected chi connectivity index (χ0v) is 22.1. The molecule has 0 unspecified atom stereocenters. The number of amides is 1. The molecule has 1 aliphatic carbocycles. The molecule has 3 aliphatic rings. The average Bonchev–Trinajstić information content (AvgIpc) is 3.68. The fourth-order valence-electron chi connectivity index (χ4n) is 5.35. The molecule has 0 bridgehead atoms. The van der Waals surface area contributed by atoms with Gasteiger partial charge in [0.25, 0.3) is 17.4 Å². The maximum absolute atomic E-state index is 14.3. The predicted molar refractivity (Wildman–Crippen MR) is 142 cm³/mol. The molecule has 2 saturated heterocycles. The van der Waals surface area contributed by atoms with Crippen LogP contribution < -0.4 is 5.56 Å². The van der Waals surface area contributed by atoms with Gasteiger partial charge in [0.05, 0.1) is 36.0 Å². The summed E-state index contributed by atoms with van der Waals surface area (Å²) >= 11 is 0. The molecule has 3 aromatic heterocycles. The number of nitrogens with zero attached hydrogens (tertiary/aromatic N) is 6. The number of rotatable bonds is 7. The highest BCUT2D eigenvalue weighted by Crippen LogP contribution is 2.40. The van der Waals surface area contributed by atoms with E-state index in [1.54, 1.807) is 13.2 Å². The van der Waals surface area contributed by atoms with Gasteiger partial charge in [-0.25, -0.2) is 32.7 Å². The molecule has 212 valence electrons. The molecule has 0 atom stereocenters. The van der Waals surface area contributed by atoms with Gasteiger partial charge in [-0.15, -0.1) is 0 Å². The Hall–Kier alpha value is -4.10. The third-order valence-electron chi connectivity index (χ3n) is 7.81. The van der Waals surface area contributed by atoms with Gasteiger partial charge < -0.3 is 14.6 Å². The van der Waals surface area contributed by atoms with Crippen LogP contribution in [0.1, 0.15) is 40.5 Å². The summed E-state index contributed by atoms with van der Waals surface area (Å²) < 4.78 is 47.8. The van der Waals surface area contributed by atoms with Crippen LogP contribution in [0.2, 0.25) is 0 Å². The lowest BCUT2D eigenvalue weighted by molar-refractivity contribution is -0.113. The minimum atomic E-state index is -2.96. The molecule has 1 amide bonds. The molecule has 13 heteroatoms. The first-order chi connectivity index (χ1) is 19.7. The fourth-order valence-corrected chi connectivity index (χ4v) is 5.35. The van der Waals surface area contributed by atoms with E-state index in [9.17, 15) is 22.8 Å². The summed E-state index contributed by atoms with van der Waals surface area (Å²) in [6.45, 7) is 0.782. The lowest BCUT2D eigenvalue weighted by atomic mass is 10.00. The predicted octanol–water partition coefficient (Wildman–Crippen LogP) is 3.11. The smallest absolute Gasteiger partial charge is 0.284 e. The first-order valence-electron chi connectivity index (χ1n) is 13.4. The van der Waals surface area contributed by atoms with Crippen molar-refractivity contribution in [1.29, 1.82) is 0 Å². The van der Waals surface area contributed by atoms with E-state index in [0.29, 0.717) is 23.3 Å². The number of aromatic amines is 1. The van der Waals surface area contributed by atoms with Crippen LogP contribution in [0.5, 0.6) is 0 Å². The number of fused-ring (bicyclic) bond motifs is 1. The molecular weight excluding hydrogens is 539 g/mol. The second-order valence-corrected chi connectivity index (χ2v) is 11.0. The largest absolute Gasteiger partial charge is 0.379 e. The van der Waals surface area contributed by atoms with E-state index in [-0.39, 0.29) is 34.8 Å². The highest BCUT2D eigenvalue weighted by atomic mass is 19.3. The van der Waals surface area contributed by atoms with Gasteiger partial charge in [0.1, 0.15) is 17.7 Å². The van der Waals surface area contributed by atoms with Gasteiger partial charge in [0, 0.05) is 49.6 Å². The first kappa shape index (κ1) is 25.8. The topological polar surface area (TPSA) is 109 Å². The van der Waals surface area contributed by atoms with E-state index in [4.69, 9.17) is 4.74 Å². The quantitative estimate of drug-likeness (QED) is 0.367. The number of likely N-dealkylation sites (tertiary alicyclic amines) is 2. The Labute approximate surface area is 231 Å². The van der Waals surface area contributed by atoms with Crippen molar-refractivity contribution >= 4 is 16.9 Å². The number of hydrogen-bond donors (Lipinski definition) is 1.